The second-order valence-electron chi connectivity index (χ2n) is 5.20. The molecule has 0 aromatic heterocycles. The summed E-state index contributed by atoms with van der Waals surface area (Å²) >= 11 is 0. The van der Waals surface area contributed by atoms with Gasteiger partial charge in [-0.15, -0.1) is 0 Å². The Morgan fingerprint density at radius 1 is 1.00 bits per heavy atom. The first kappa shape index (κ1) is 5.62. The smallest absolute Gasteiger partial charge is 0.0292 e. The normalized spacial score (nSPS) is 63.9. The maximum absolute atomic E-state index is 2.54. The molecule has 10 heavy (non-hydrogen) atoms. The maximum atomic E-state index is 2.54. The molecule has 4 fully saturated rings. The molecule has 0 amide bonds. The van der Waals surface area contributed by atoms with Gasteiger partial charge in [0.2, 0.25) is 0 Å². The fraction of sp³-hybridized carbons (Fsp3) is 1.00. The summed E-state index contributed by atoms with van der Waals surface area (Å²) < 4.78 is 0. The first-order chi connectivity index (χ1) is 4.76. The van der Waals surface area contributed by atoms with Gasteiger partial charge in [-0.25, -0.2) is 0 Å². The molecule has 56 valence electrons. The van der Waals surface area contributed by atoms with Crippen LogP contribution in [-0.4, -0.2) is 0 Å². The van der Waals surface area contributed by atoms with Crippen LogP contribution in [0.3, 0.4) is 0 Å². The van der Waals surface area contributed by atoms with Crippen molar-refractivity contribution in [2.45, 2.75) is 39.0 Å². The highest BCUT2D eigenvalue weighted by atomic mass is 14.6. The Bertz CT molecular complexity index is 157. The molecule has 0 spiro atoms. The van der Waals surface area contributed by atoms with Crippen LogP contribution >= 0.6 is 0 Å². The van der Waals surface area contributed by atoms with Gasteiger partial charge in [0.15, 0.2) is 0 Å². The molecule has 2 atom stereocenters. The van der Waals surface area contributed by atoms with E-state index in [9.17, 15) is 0 Å². The monoisotopic (exact) mass is 136 g/mol. The summed E-state index contributed by atoms with van der Waals surface area (Å²) in [6.07, 6.45) is 7.93. The summed E-state index contributed by atoms with van der Waals surface area (Å²) in [6.45, 7) is 2.54. The van der Waals surface area contributed by atoms with Gasteiger partial charge < -0.3 is 0 Å². The Kier molecular flexibility index (Phi) is 0.810. The summed E-state index contributed by atoms with van der Waals surface area (Å²) in [5.74, 6) is 3.46. The lowest BCUT2D eigenvalue weighted by atomic mass is 9.77. The van der Waals surface area contributed by atoms with E-state index in [-0.39, 0.29) is 0 Å². The minimum atomic E-state index is 0.827. The van der Waals surface area contributed by atoms with Gasteiger partial charge in [0.1, 0.15) is 0 Å². The molecular weight excluding hydrogens is 120 g/mol. The van der Waals surface area contributed by atoms with Crippen LogP contribution < -0.4 is 0 Å². The zero-order chi connectivity index (χ0) is 6.77. The van der Waals surface area contributed by atoms with E-state index in [1.54, 1.807) is 32.1 Å². The van der Waals surface area contributed by atoms with Crippen LogP contribution in [0.5, 0.6) is 0 Å². The molecule has 4 aliphatic rings. The van der Waals surface area contributed by atoms with Crippen LogP contribution in [0.2, 0.25) is 0 Å². The highest BCUT2D eigenvalue weighted by molar-refractivity contribution is 5.04. The van der Waals surface area contributed by atoms with Crippen molar-refractivity contribution >= 4 is 0 Å². The highest BCUT2D eigenvalue weighted by Gasteiger charge is 2.54. The van der Waals surface area contributed by atoms with Gasteiger partial charge in [0.25, 0.3) is 0 Å². The highest BCUT2D eigenvalue weighted by Crippen LogP contribution is 2.64. The van der Waals surface area contributed by atoms with Crippen molar-refractivity contribution in [2.24, 2.45) is 23.2 Å². The average Bonchev–Trinajstić information content (AvgIpc) is 2.14. The summed E-state index contributed by atoms with van der Waals surface area (Å²) in [5.41, 5.74) is 0.827. The van der Waals surface area contributed by atoms with Crippen molar-refractivity contribution in [2.75, 3.05) is 0 Å². The van der Waals surface area contributed by atoms with E-state index in [0.717, 1.165) is 23.2 Å². The molecule has 0 N–H and O–H groups in total. The second-order valence-corrected chi connectivity index (χ2v) is 5.20. The van der Waals surface area contributed by atoms with Crippen molar-refractivity contribution in [1.82, 2.24) is 0 Å². The molecule has 4 saturated carbocycles. The van der Waals surface area contributed by atoms with E-state index >= 15 is 0 Å². The van der Waals surface area contributed by atoms with Gasteiger partial charge in [0.05, 0.1) is 0 Å². The van der Waals surface area contributed by atoms with Crippen molar-refractivity contribution in [3.63, 3.8) is 0 Å². The minimum Gasteiger partial charge on any atom is -0.0594 e. The summed E-state index contributed by atoms with van der Waals surface area (Å²) in [4.78, 5) is 0. The van der Waals surface area contributed by atoms with Gasteiger partial charge >= 0.3 is 0 Å². The Morgan fingerprint density at radius 2 is 1.60 bits per heavy atom. The van der Waals surface area contributed by atoms with E-state index in [2.05, 4.69) is 6.92 Å². The third-order valence-electron chi connectivity index (χ3n) is 4.40. The predicted molar refractivity (Wildman–Crippen MR) is 41.7 cm³/mol. The Balaban J connectivity index is 2.04. The van der Waals surface area contributed by atoms with Crippen molar-refractivity contribution < 1.29 is 0 Å². The molecule has 0 aromatic carbocycles. The molecule has 0 saturated heterocycles. The van der Waals surface area contributed by atoms with Crippen LogP contribution in [0.4, 0.5) is 0 Å². The lowest BCUT2D eigenvalue weighted by molar-refractivity contribution is 0.224. The molecule has 2 unspecified atom stereocenters. The topological polar surface area (TPSA) is 0 Å². The Labute approximate surface area is 63.0 Å². The van der Waals surface area contributed by atoms with Gasteiger partial charge in [-0.2, -0.15) is 0 Å². The molecule has 4 rings (SSSR count). The fourth-order valence-corrected chi connectivity index (χ4v) is 4.20. The fourth-order valence-electron chi connectivity index (χ4n) is 4.20. The summed E-state index contributed by atoms with van der Waals surface area (Å²) in [7, 11) is 0. The van der Waals surface area contributed by atoms with Crippen LogP contribution in [-0.2, 0) is 0 Å². The number of hydrogen-bond donors (Lipinski definition) is 0. The van der Waals surface area contributed by atoms with Crippen LogP contribution in [0, 0.1) is 23.2 Å². The molecule has 0 aromatic rings. The minimum absolute atomic E-state index is 0.827. The summed E-state index contributed by atoms with van der Waals surface area (Å²) in [6, 6.07) is 0. The molecule has 0 heterocycles. The average molecular weight is 136 g/mol. The second kappa shape index (κ2) is 1.44. The third kappa shape index (κ3) is 0.500. The first-order valence-electron chi connectivity index (χ1n) is 4.76. The summed E-state index contributed by atoms with van der Waals surface area (Å²) in [5, 5.41) is 0. The van der Waals surface area contributed by atoms with Crippen LogP contribution in [0.1, 0.15) is 39.0 Å². The zero-order valence-electron chi connectivity index (χ0n) is 6.77. The molecule has 4 bridgehead atoms. The van der Waals surface area contributed by atoms with E-state index < -0.39 is 0 Å². The maximum Gasteiger partial charge on any atom is -0.0292 e. The van der Waals surface area contributed by atoms with E-state index in [1.807, 2.05) is 0 Å². The largest absolute Gasteiger partial charge is 0.0594 e. The molecule has 0 aliphatic heterocycles. The predicted octanol–water partition coefficient (Wildman–Crippen LogP) is 2.83. The quantitative estimate of drug-likeness (QED) is 0.480. The third-order valence-corrected chi connectivity index (χ3v) is 4.40. The Morgan fingerprint density at radius 3 is 2.00 bits per heavy atom. The molecule has 4 aliphatic carbocycles. The van der Waals surface area contributed by atoms with Gasteiger partial charge in [0, 0.05) is 0 Å². The number of hydrogen-bond acceptors (Lipinski definition) is 0. The van der Waals surface area contributed by atoms with Crippen molar-refractivity contribution in [1.29, 1.82) is 0 Å². The lowest BCUT2D eigenvalue weighted by Crippen LogP contribution is -2.18. The van der Waals surface area contributed by atoms with Crippen LogP contribution in [0.25, 0.3) is 0 Å². The van der Waals surface area contributed by atoms with E-state index in [1.165, 1.54) is 0 Å². The van der Waals surface area contributed by atoms with Crippen LogP contribution in [0.15, 0.2) is 0 Å². The zero-order valence-corrected chi connectivity index (χ0v) is 6.77. The standard InChI is InChI=1S/C10H16/c1-10-5-7-2-8(6-10)4-9(10)3-7/h7-9H,2-6H2,1H3. The van der Waals surface area contributed by atoms with Crippen molar-refractivity contribution in [3.8, 4) is 0 Å². The van der Waals surface area contributed by atoms with E-state index in [4.69, 9.17) is 0 Å². The van der Waals surface area contributed by atoms with Gasteiger partial charge in [-0.1, -0.05) is 6.92 Å². The molecule has 0 radical (unpaired) electrons. The molecule has 0 nitrogen and oxygen atoms in total. The number of rotatable bonds is 0. The van der Waals surface area contributed by atoms with E-state index in [0.29, 0.717) is 0 Å². The lowest BCUT2D eigenvalue weighted by Gasteiger charge is -2.28. The SMILES string of the molecule is CC12CC3CC(CC1C3)C2. The molecular formula is C10H16. The van der Waals surface area contributed by atoms with Gasteiger partial charge in [-0.3, -0.25) is 0 Å². The Hall–Kier alpha value is 0. The van der Waals surface area contributed by atoms with Gasteiger partial charge in [-0.05, 0) is 55.3 Å². The van der Waals surface area contributed by atoms with Crippen molar-refractivity contribution in [3.05, 3.63) is 0 Å². The first-order valence-corrected chi connectivity index (χ1v) is 4.76. The molecule has 0 heteroatoms.